The number of hydrogen-bond donors (Lipinski definition) is 1. The van der Waals surface area contributed by atoms with Crippen molar-refractivity contribution >= 4 is 27.7 Å². The van der Waals surface area contributed by atoms with Gasteiger partial charge in [0.25, 0.3) is 5.91 Å². The Balaban J connectivity index is 1.60. The van der Waals surface area contributed by atoms with Crippen LogP contribution in [0.2, 0.25) is 0 Å². The molecule has 1 amide bonds. The van der Waals surface area contributed by atoms with Gasteiger partial charge in [0.2, 0.25) is 0 Å². The highest BCUT2D eigenvalue weighted by Gasteiger charge is 2.35. The number of nitrogens with one attached hydrogen (secondary N) is 1. The van der Waals surface area contributed by atoms with Gasteiger partial charge < -0.3 is 14.6 Å². The van der Waals surface area contributed by atoms with E-state index in [0.29, 0.717) is 6.54 Å². The van der Waals surface area contributed by atoms with E-state index in [1.54, 1.807) is 0 Å². The van der Waals surface area contributed by atoms with Crippen molar-refractivity contribution in [1.82, 2.24) is 19.7 Å². The number of benzene rings is 2. The predicted octanol–water partition coefficient (Wildman–Crippen LogP) is 5.19. The summed E-state index contributed by atoms with van der Waals surface area (Å²) in [6, 6.07) is 6.91. The Morgan fingerprint density at radius 3 is 2.91 bits per heavy atom. The summed E-state index contributed by atoms with van der Waals surface area (Å²) in [7, 11) is 1.97. The molecule has 1 saturated heterocycles. The SMILES string of the molecule is CCCn1c2ccc(C3CCCCO3)cc2c2c3c(c4c(c21)CCc1nn(C)cc1-4)C(=O)NC3. The fraction of sp³-hybridized carbons (Fsp3) is 0.429. The Labute approximate surface area is 198 Å². The van der Waals surface area contributed by atoms with Crippen molar-refractivity contribution in [3.05, 3.63) is 52.3 Å². The molecule has 1 atom stereocenters. The van der Waals surface area contributed by atoms with Crippen LogP contribution in [0.3, 0.4) is 0 Å². The van der Waals surface area contributed by atoms with Crippen LogP contribution in [0.25, 0.3) is 32.9 Å². The first kappa shape index (κ1) is 20.3. The van der Waals surface area contributed by atoms with E-state index in [-0.39, 0.29) is 12.0 Å². The maximum absolute atomic E-state index is 13.2. The molecule has 3 aliphatic rings. The van der Waals surface area contributed by atoms with E-state index >= 15 is 0 Å². The summed E-state index contributed by atoms with van der Waals surface area (Å²) in [5, 5.41) is 10.4. The van der Waals surface area contributed by atoms with Crippen molar-refractivity contribution in [2.24, 2.45) is 7.05 Å². The molecule has 7 rings (SSSR count). The number of amides is 1. The third-order valence-electron chi connectivity index (χ3n) is 7.97. The summed E-state index contributed by atoms with van der Waals surface area (Å²) in [6.45, 7) is 4.63. The second kappa shape index (κ2) is 7.44. The fourth-order valence-electron chi connectivity index (χ4n) is 6.59. The molecule has 2 aromatic carbocycles. The van der Waals surface area contributed by atoms with Gasteiger partial charge in [-0.3, -0.25) is 9.48 Å². The number of carbonyl (C=O) groups excluding carboxylic acids is 1. The number of aryl methyl sites for hydroxylation is 4. The zero-order valence-corrected chi connectivity index (χ0v) is 19.9. The van der Waals surface area contributed by atoms with Crippen LogP contribution in [-0.4, -0.2) is 26.9 Å². The molecule has 34 heavy (non-hydrogen) atoms. The first-order valence-corrected chi connectivity index (χ1v) is 12.7. The average molecular weight is 455 g/mol. The van der Waals surface area contributed by atoms with Crippen LogP contribution < -0.4 is 5.32 Å². The zero-order valence-electron chi connectivity index (χ0n) is 19.9. The van der Waals surface area contributed by atoms with Crippen LogP contribution in [0.15, 0.2) is 24.4 Å². The molecule has 6 nitrogen and oxygen atoms in total. The van der Waals surface area contributed by atoms with Crippen molar-refractivity contribution in [3.8, 4) is 11.1 Å². The largest absolute Gasteiger partial charge is 0.374 e. The minimum atomic E-state index is 0.0491. The Kier molecular flexibility index (Phi) is 4.44. The molecule has 4 heterocycles. The highest BCUT2D eigenvalue weighted by molar-refractivity contribution is 6.19. The van der Waals surface area contributed by atoms with Crippen molar-refractivity contribution < 1.29 is 9.53 Å². The number of fused-ring (bicyclic) bond motifs is 10. The number of ether oxygens (including phenoxy) is 1. The first-order valence-electron chi connectivity index (χ1n) is 12.7. The molecule has 0 spiro atoms. The molecule has 0 saturated carbocycles. The van der Waals surface area contributed by atoms with Gasteiger partial charge in [-0.2, -0.15) is 5.10 Å². The quantitative estimate of drug-likeness (QED) is 0.464. The first-order chi connectivity index (χ1) is 16.7. The Morgan fingerprint density at radius 2 is 2.09 bits per heavy atom. The van der Waals surface area contributed by atoms with E-state index in [1.807, 2.05) is 11.7 Å². The van der Waals surface area contributed by atoms with E-state index in [9.17, 15) is 4.79 Å². The number of nitrogens with zero attached hydrogens (tertiary/aromatic N) is 3. The summed E-state index contributed by atoms with van der Waals surface area (Å²) < 4.78 is 10.5. The van der Waals surface area contributed by atoms with Crippen molar-refractivity contribution in [1.29, 1.82) is 0 Å². The average Bonchev–Trinajstić information content (AvgIpc) is 3.52. The minimum absolute atomic E-state index is 0.0491. The smallest absolute Gasteiger partial charge is 0.252 e. The summed E-state index contributed by atoms with van der Waals surface area (Å²) in [6.07, 6.45) is 8.60. The monoisotopic (exact) mass is 454 g/mol. The summed E-state index contributed by atoms with van der Waals surface area (Å²) in [5.41, 5.74) is 10.5. The van der Waals surface area contributed by atoms with Crippen molar-refractivity contribution in [2.45, 2.75) is 64.6 Å². The number of rotatable bonds is 3. The van der Waals surface area contributed by atoms with Gasteiger partial charge >= 0.3 is 0 Å². The highest BCUT2D eigenvalue weighted by Crippen LogP contribution is 2.47. The number of aromatic nitrogens is 3. The lowest BCUT2D eigenvalue weighted by atomic mass is 9.82. The van der Waals surface area contributed by atoms with E-state index in [1.165, 1.54) is 39.4 Å². The summed E-state index contributed by atoms with van der Waals surface area (Å²) >= 11 is 0. The highest BCUT2D eigenvalue weighted by atomic mass is 16.5. The molecular formula is C28H30N4O2. The third-order valence-corrected chi connectivity index (χ3v) is 7.97. The molecule has 2 aromatic heterocycles. The standard InChI is InChI=1S/C28H30N4O2/c1-3-11-32-22-10-7-16(23-6-4-5-12-34-23)13-18(22)25-19-14-29-28(33)26(19)24-17(27(25)32)8-9-21-20(24)15-31(2)30-21/h7,10,13,15,23H,3-6,8-9,11-12,14H2,1-2H3,(H,29,33). The second-order valence-electron chi connectivity index (χ2n) is 10.1. The van der Waals surface area contributed by atoms with Gasteiger partial charge in [0, 0.05) is 60.4 Å². The molecule has 6 heteroatoms. The van der Waals surface area contributed by atoms with Gasteiger partial charge in [-0.05, 0) is 67.3 Å². The summed E-state index contributed by atoms with van der Waals surface area (Å²) in [4.78, 5) is 13.2. The van der Waals surface area contributed by atoms with E-state index in [0.717, 1.165) is 73.2 Å². The normalized spacial score (nSPS) is 19.4. The van der Waals surface area contributed by atoms with E-state index in [2.05, 4.69) is 41.2 Å². The van der Waals surface area contributed by atoms with Crippen LogP contribution in [0.1, 0.15) is 71.5 Å². The van der Waals surface area contributed by atoms with Crippen LogP contribution >= 0.6 is 0 Å². The maximum Gasteiger partial charge on any atom is 0.252 e. The Hall–Kier alpha value is -3.12. The van der Waals surface area contributed by atoms with Crippen LogP contribution in [0.5, 0.6) is 0 Å². The van der Waals surface area contributed by atoms with Gasteiger partial charge in [0.05, 0.1) is 22.9 Å². The molecule has 1 unspecified atom stereocenters. The second-order valence-corrected chi connectivity index (χ2v) is 10.1. The van der Waals surface area contributed by atoms with Crippen molar-refractivity contribution in [2.75, 3.05) is 6.61 Å². The van der Waals surface area contributed by atoms with Gasteiger partial charge in [0.1, 0.15) is 0 Å². The summed E-state index contributed by atoms with van der Waals surface area (Å²) in [5.74, 6) is 0.0491. The molecule has 0 bridgehead atoms. The fourth-order valence-corrected chi connectivity index (χ4v) is 6.59. The molecule has 2 aliphatic heterocycles. The topological polar surface area (TPSA) is 61.1 Å². The molecule has 174 valence electrons. The lowest BCUT2D eigenvalue weighted by Gasteiger charge is -2.23. The molecule has 4 aromatic rings. The number of hydrogen-bond acceptors (Lipinski definition) is 3. The Morgan fingerprint density at radius 1 is 1.18 bits per heavy atom. The van der Waals surface area contributed by atoms with Gasteiger partial charge in [-0.25, -0.2) is 0 Å². The van der Waals surface area contributed by atoms with E-state index in [4.69, 9.17) is 9.84 Å². The molecule has 1 aliphatic carbocycles. The molecule has 1 fully saturated rings. The molecule has 1 N–H and O–H groups in total. The zero-order chi connectivity index (χ0) is 23.0. The van der Waals surface area contributed by atoms with Crippen LogP contribution in [0, 0.1) is 0 Å². The lowest BCUT2D eigenvalue weighted by molar-refractivity contribution is 0.0150. The van der Waals surface area contributed by atoms with Gasteiger partial charge in [-0.1, -0.05) is 13.0 Å². The van der Waals surface area contributed by atoms with Gasteiger partial charge in [-0.15, -0.1) is 0 Å². The van der Waals surface area contributed by atoms with Gasteiger partial charge in [0.15, 0.2) is 0 Å². The third kappa shape index (κ3) is 2.72. The molecular weight excluding hydrogens is 424 g/mol. The van der Waals surface area contributed by atoms with E-state index < -0.39 is 0 Å². The maximum atomic E-state index is 13.2. The molecule has 0 radical (unpaired) electrons. The van der Waals surface area contributed by atoms with Crippen LogP contribution in [0.4, 0.5) is 0 Å². The predicted molar refractivity (Wildman–Crippen MR) is 133 cm³/mol. The Bertz CT molecular complexity index is 1490. The van der Waals surface area contributed by atoms with Crippen LogP contribution in [-0.2, 0) is 37.7 Å². The number of carbonyl (C=O) groups is 1. The lowest BCUT2D eigenvalue weighted by Crippen LogP contribution is -2.15. The van der Waals surface area contributed by atoms with Crippen molar-refractivity contribution in [3.63, 3.8) is 0 Å². The minimum Gasteiger partial charge on any atom is -0.374 e.